The van der Waals surface area contributed by atoms with Crippen molar-refractivity contribution in [1.29, 1.82) is 0 Å². The largest absolute Gasteiger partial charge is 0.338 e. The first-order chi connectivity index (χ1) is 13.1. The van der Waals surface area contributed by atoms with Crippen molar-refractivity contribution < 1.29 is 9.18 Å². The van der Waals surface area contributed by atoms with Gasteiger partial charge >= 0.3 is 0 Å². The molecule has 3 heterocycles. The van der Waals surface area contributed by atoms with E-state index in [4.69, 9.17) is 0 Å². The number of carbonyl (C=O) groups excluding carboxylic acids is 1. The molecule has 0 N–H and O–H groups in total. The van der Waals surface area contributed by atoms with Crippen LogP contribution in [0.15, 0.2) is 36.7 Å². The van der Waals surface area contributed by atoms with E-state index in [2.05, 4.69) is 21.4 Å². The zero-order valence-electron chi connectivity index (χ0n) is 15.9. The maximum Gasteiger partial charge on any atom is 0.230 e. The highest BCUT2D eigenvalue weighted by atomic mass is 19.1. The molecule has 2 aliphatic heterocycles. The van der Waals surface area contributed by atoms with E-state index in [0.29, 0.717) is 6.54 Å². The fraction of sp³-hybridized carbons (Fsp3) is 0.524. The van der Waals surface area contributed by atoms with Crippen LogP contribution in [0.1, 0.15) is 37.6 Å². The number of nitrogens with zero attached hydrogens (tertiary/aromatic N) is 4. The third-order valence-electron chi connectivity index (χ3n) is 6.05. The monoisotopic (exact) mass is 370 g/mol. The molecule has 6 heteroatoms. The van der Waals surface area contributed by atoms with Gasteiger partial charge in [0.15, 0.2) is 0 Å². The van der Waals surface area contributed by atoms with E-state index in [-0.39, 0.29) is 17.1 Å². The molecule has 1 amide bonds. The number of hydrogen-bond donors (Lipinski definition) is 0. The van der Waals surface area contributed by atoms with Crippen LogP contribution in [0.4, 0.5) is 4.39 Å². The molecule has 144 valence electrons. The maximum absolute atomic E-state index is 13.3. The highest BCUT2D eigenvalue weighted by Crippen LogP contribution is 2.40. The quantitative estimate of drug-likeness (QED) is 0.812. The summed E-state index contributed by atoms with van der Waals surface area (Å²) < 4.78 is 15.3. The molecule has 1 atom stereocenters. The minimum atomic E-state index is -0.262. The van der Waals surface area contributed by atoms with E-state index < -0.39 is 0 Å². The molecule has 2 fully saturated rings. The van der Waals surface area contributed by atoms with Crippen LogP contribution in [-0.2, 0) is 24.4 Å². The Bertz CT molecular complexity index is 803. The summed E-state index contributed by atoms with van der Waals surface area (Å²) in [7, 11) is 0. The number of piperidine rings is 1. The second kappa shape index (κ2) is 7.43. The molecule has 4 rings (SSSR count). The van der Waals surface area contributed by atoms with E-state index in [1.165, 1.54) is 12.1 Å². The van der Waals surface area contributed by atoms with Crippen LogP contribution in [0.5, 0.6) is 0 Å². The lowest BCUT2D eigenvalue weighted by atomic mass is 9.78. The third kappa shape index (κ3) is 3.63. The Hall–Kier alpha value is -2.21. The average Bonchev–Trinajstić information content (AvgIpc) is 3.29. The van der Waals surface area contributed by atoms with Crippen molar-refractivity contribution in [3.8, 4) is 0 Å². The minimum Gasteiger partial charge on any atom is -0.338 e. The standard InChI is InChI=1S/C21H27FN4O/c1-2-25-13-10-23-19(25)15-24-12-9-21(16-24)8-3-11-26(20(21)27)14-17-4-6-18(22)7-5-17/h4-7,10,13H,2-3,8-9,11-12,14-16H2,1H3. The lowest BCUT2D eigenvalue weighted by Gasteiger charge is -2.39. The van der Waals surface area contributed by atoms with Crippen molar-refractivity contribution in [2.24, 2.45) is 5.41 Å². The van der Waals surface area contributed by atoms with Crippen LogP contribution in [0.3, 0.4) is 0 Å². The predicted octanol–water partition coefficient (Wildman–Crippen LogP) is 3.06. The van der Waals surface area contributed by atoms with Crippen LogP contribution in [0, 0.1) is 11.2 Å². The van der Waals surface area contributed by atoms with Crippen molar-refractivity contribution >= 4 is 5.91 Å². The highest BCUT2D eigenvalue weighted by molar-refractivity contribution is 5.84. The van der Waals surface area contributed by atoms with Crippen LogP contribution in [0.2, 0.25) is 0 Å². The second-order valence-electron chi connectivity index (χ2n) is 7.83. The van der Waals surface area contributed by atoms with Gasteiger partial charge in [0, 0.05) is 38.6 Å². The SMILES string of the molecule is CCn1ccnc1CN1CCC2(CCCN(Cc3ccc(F)cc3)C2=O)C1. The van der Waals surface area contributed by atoms with E-state index in [1.54, 1.807) is 12.1 Å². The number of hydrogen-bond acceptors (Lipinski definition) is 3. The number of rotatable bonds is 5. The molecule has 2 aromatic rings. The zero-order chi connectivity index (χ0) is 18.9. The molecule has 0 radical (unpaired) electrons. The summed E-state index contributed by atoms with van der Waals surface area (Å²) in [6.07, 6.45) is 6.77. The smallest absolute Gasteiger partial charge is 0.230 e. The van der Waals surface area contributed by atoms with Crippen LogP contribution in [0.25, 0.3) is 0 Å². The Labute approximate surface area is 159 Å². The molecule has 0 bridgehead atoms. The fourth-order valence-corrected chi connectivity index (χ4v) is 4.56. The number of halogens is 1. The molecular weight excluding hydrogens is 343 g/mol. The van der Waals surface area contributed by atoms with Gasteiger partial charge in [0.1, 0.15) is 11.6 Å². The number of carbonyl (C=O) groups is 1. The van der Waals surface area contributed by atoms with E-state index >= 15 is 0 Å². The maximum atomic E-state index is 13.3. The van der Waals surface area contributed by atoms with Gasteiger partial charge in [-0.1, -0.05) is 12.1 Å². The average molecular weight is 370 g/mol. The number of amides is 1. The normalized spacial score (nSPS) is 23.5. The minimum absolute atomic E-state index is 0.239. The lowest BCUT2D eigenvalue weighted by Crippen LogP contribution is -2.49. The first-order valence-corrected chi connectivity index (χ1v) is 9.86. The predicted molar refractivity (Wildman–Crippen MR) is 101 cm³/mol. The third-order valence-corrected chi connectivity index (χ3v) is 6.05. The molecular formula is C21H27FN4O. The Morgan fingerprint density at radius 1 is 1.15 bits per heavy atom. The Morgan fingerprint density at radius 3 is 2.74 bits per heavy atom. The van der Waals surface area contributed by atoms with Gasteiger partial charge in [-0.3, -0.25) is 9.69 Å². The van der Waals surface area contributed by atoms with Crippen LogP contribution in [-0.4, -0.2) is 44.9 Å². The summed E-state index contributed by atoms with van der Waals surface area (Å²) in [6, 6.07) is 6.48. The van der Waals surface area contributed by atoms with Gasteiger partial charge in [0.05, 0.1) is 12.0 Å². The van der Waals surface area contributed by atoms with E-state index in [9.17, 15) is 9.18 Å². The van der Waals surface area contributed by atoms with Gasteiger partial charge in [0.2, 0.25) is 5.91 Å². The Kier molecular flexibility index (Phi) is 5.00. The van der Waals surface area contributed by atoms with Gasteiger partial charge < -0.3 is 9.47 Å². The summed E-state index contributed by atoms with van der Waals surface area (Å²) >= 11 is 0. The van der Waals surface area contributed by atoms with Crippen molar-refractivity contribution in [3.05, 3.63) is 53.9 Å². The summed E-state index contributed by atoms with van der Waals surface area (Å²) in [5, 5.41) is 0. The number of benzene rings is 1. The molecule has 5 nitrogen and oxygen atoms in total. The highest BCUT2D eigenvalue weighted by Gasteiger charge is 2.48. The summed E-state index contributed by atoms with van der Waals surface area (Å²) in [4.78, 5) is 22.1. The summed E-state index contributed by atoms with van der Waals surface area (Å²) in [6.45, 7) is 6.94. The molecule has 0 aliphatic carbocycles. The van der Waals surface area contributed by atoms with Crippen LogP contribution >= 0.6 is 0 Å². The lowest BCUT2D eigenvalue weighted by molar-refractivity contribution is -0.146. The molecule has 0 saturated carbocycles. The zero-order valence-corrected chi connectivity index (χ0v) is 15.9. The Morgan fingerprint density at radius 2 is 1.96 bits per heavy atom. The van der Waals surface area contributed by atoms with Gasteiger partial charge in [-0.05, 0) is 50.4 Å². The van der Waals surface area contributed by atoms with E-state index in [0.717, 1.165) is 63.4 Å². The fourth-order valence-electron chi connectivity index (χ4n) is 4.56. The van der Waals surface area contributed by atoms with Gasteiger partial charge in [-0.25, -0.2) is 9.37 Å². The molecule has 1 aromatic carbocycles. The molecule has 1 spiro atoms. The molecule has 27 heavy (non-hydrogen) atoms. The number of aromatic nitrogens is 2. The Balaban J connectivity index is 1.43. The van der Waals surface area contributed by atoms with Crippen molar-refractivity contribution in [2.75, 3.05) is 19.6 Å². The van der Waals surface area contributed by atoms with Gasteiger partial charge in [0.25, 0.3) is 0 Å². The number of imidazole rings is 1. The first-order valence-electron chi connectivity index (χ1n) is 9.86. The van der Waals surface area contributed by atoms with Crippen molar-refractivity contribution in [1.82, 2.24) is 19.4 Å². The van der Waals surface area contributed by atoms with Gasteiger partial charge in [-0.15, -0.1) is 0 Å². The molecule has 2 saturated heterocycles. The number of aryl methyl sites for hydroxylation is 1. The van der Waals surface area contributed by atoms with Gasteiger partial charge in [-0.2, -0.15) is 0 Å². The summed E-state index contributed by atoms with van der Waals surface area (Å²) in [5.74, 6) is 1.09. The molecule has 2 aliphatic rings. The van der Waals surface area contributed by atoms with E-state index in [1.807, 2.05) is 17.3 Å². The second-order valence-corrected chi connectivity index (χ2v) is 7.83. The summed E-state index contributed by atoms with van der Waals surface area (Å²) in [5.41, 5.74) is 0.726. The molecule has 1 aromatic heterocycles. The van der Waals surface area contributed by atoms with Crippen molar-refractivity contribution in [2.45, 2.75) is 45.8 Å². The first kappa shape index (κ1) is 18.2. The number of likely N-dealkylation sites (tertiary alicyclic amines) is 2. The van der Waals surface area contributed by atoms with Crippen LogP contribution < -0.4 is 0 Å². The topological polar surface area (TPSA) is 41.4 Å². The molecule has 1 unspecified atom stereocenters. The van der Waals surface area contributed by atoms with Crippen molar-refractivity contribution in [3.63, 3.8) is 0 Å².